The molecule has 0 saturated carbocycles. The van der Waals surface area contributed by atoms with Crippen LogP contribution in [0.15, 0.2) is 30.3 Å². The van der Waals surface area contributed by atoms with Crippen molar-refractivity contribution in [3.63, 3.8) is 0 Å². The zero-order valence-electron chi connectivity index (χ0n) is 58.0. The van der Waals surface area contributed by atoms with Crippen molar-refractivity contribution < 1.29 is 87.2 Å². The summed E-state index contributed by atoms with van der Waals surface area (Å²) in [4.78, 5) is 201. The summed E-state index contributed by atoms with van der Waals surface area (Å²) in [5.74, 6) is -16.5. The van der Waals surface area contributed by atoms with Gasteiger partial charge < -0.3 is 108 Å². The van der Waals surface area contributed by atoms with Crippen LogP contribution in [0.5, 0.6) is 0 Å². The van der Waals surface area contributed by atoms with E-state index in [0.717, 1.165) is 6.92 Å². The molecule has 0 aliphatic rings. The molecule has 0 spiro atoms. The number of aliphatic hydroxyl groups excluding tert-OH is 1. The highest BCUT2D eigenvalue weighted by atomic mass is 16.4. The van der Waals surface area contributed by atoms with Gasteiger partial charge in [-0.25, -0.2) is 4.79 Å². The number of carbonyl (C=O) groups excluding carboxylic acids is 13. The SMILES string of the molecule is CC[C@H](C)[C@H](NC(=O)[C@@H](NC(=O)[C@H](CCCCN)NC(=O)[C@H](CCCCN)NC(=O)CN)C(C)C)C(=O)N[C@H](C(=O)N[C@@H](C)C(=O)N[C@@H](Cc1ccccc1)C(=O)N[C@@H](CC(N)=O)C(=O)N[C@@H](CCC(=O)O)C(=O)NCC(=O)N[C@@H](CC(C)C)C(=O)N[C@@H](CCCCN)C(=O)O)[C@@H](C)O. The van der Waals surface area contributed by atoms with E-state index in [1.165, 1.54) is 6.92 Å². The van der Waals surface area contributed by atoms with Gasteiger partial charge in [0.15, 0.2) is 0 Å². The molecular weight excluding hydrogens is 1290 g/mol. The van der Waals surface area contributed by atoms with Gasteiger partial charge in [0.05, 0.1) is 25.6 Å². The van der Waals surface area contributed by atoms with Gasteiger partial charge in [-0.1, -0.05) is 78.3 Å². The van der Waals surface area contributed by atoms with Gasteiger partial charge in [0.1, 0.15) is 66.5 Å². The minimum absolute atomic E-state index is 0.0472. The van der Waals surface area contributed by atoms with E-state index in [1.807, 2.05) is 0 Å². The average Bonchev–Trinajstić information content (AvgIpc) is 0.859. The maximum atomic E-state index is 14.3. The number of aliphatic carboxylic acids is 2. The Balaban J connectivity index is 3.46. The Hall–Kier alpha value is -8.93. The van der Waals surface area contributed by atoms with Crippen LogP contribution >= 0.6 is 0 Å². The highest BCUT2D eigenvalue weighted by Crippen LogP contribution is 2.15. The molecule has 0 aliphatic heterocycles. The summed E-state index contributed by atoms with van der Waals surface area (Å²) in [6, 6.07) is -8.12. The van der Waals surface area contributed by atoms with Crippen LogP contribution in [0.3, 0.4) is 0 Å². The third-order valence-electron chi connectivity index (χ3n) is 15.8. The molecule has 558 valence electrons. The van der Waals surface area contributed by atoms with Crippen molar-refractivity contribution in [1.29, 1.82) is 0 Å². The van der Waals surface area contributed by atoms with Crippen LogP contribution in [0.4, 0.5) is 0 Å². The van der Waals surface area contributed by atoms with Crippen LogP contribution in [-0.2, 0) is 78.3 Å². The molecule has 1 aromatic carbocycles. The zero-order chi connectivity index (χ0) is 75.1. The summed E-state index contributed by atoms with van der Waals surface area (Å²) in [6.07, 6.45) is -0.751. The van der Waals surface area contributed by atoms with Gasteiger partial charge in [0, 0.05) is 12.8 Å². The monoisotopic (exact) mass is 1400 g/mol. The average molecular weight is 1400 g/mol. The first-order valence-electron chi connectivity index (χ1n) is 33.5. The van der Waals surface area contributed by atoms with Crippen LogP contribution in [0.25, 0.3) is 0 Å². The van der Waals surface area contributed by atoms with Gasteiger partial charge >= 0.3 is 11.9 Å². The summed E-state index contributed by atoms with van der Waals surface area (Å²) < 4.78 is 0. The highest BCUT2D eigenvalue weighted by Gasteiger charge is 2.38. The molecule has 13 amide bonds. The normalized spacial score (nSPS) is 15.1. The summed E-state index contributed by atoms with van der Waals surface area (Å²) in [6.45, 7) is 12.1. The lowest BCUT2D eigenvalue weighted by Gasteiger charge is -2.31. The zero-order valence-corrected chi connectivity index (χ0v) is 58.0. The maximum absolute atomic E-state index is 14.3. The maximum Gasteiger partial charge on any atom is 0.326 e. The molecule has 35 nitrogen and oxygen atoms in total. The predicted molar refractivity (Wildman–Crippen MR) is 362 cm³/mol. The Kier molecular flexibility index (Phi) is 41.9. The van der Waals surface area contributed by atoms with E-state index in [0.29, 0.717) is 57.2 Å². The van der Waals surface area contributed by atoms with E-state index >= 15 is 0 Å². The lowest BCUT2D eigenvalue weighted by Crippen LogP contribution is -2.63. The molecule has 0 aromatic heterocycles. The topological polar surface area (TPSA) is 591 Å². The van der Waals surface area contributed by atoms with Crippen molar-refractivity contribution in [3.8, 4) is 0 Å². The van der Waals surface area contributed by atoms with E-state index in [4.69, 9.17) is 28.7 Å². The third kappa shape index (κ3) is 34.4. The van der Waals surface area contributed by atoms with Crippen LogP contribution in [0.1, 0.15) is 151 Å². The molecule has 1 aromatic rings. The second-order valence-electron chi connectivity index (χ2n) is 25.1. The van der Waals surface area contributed by atoms with Crippen LogP contribution < -0.4 is 92.5 Å². The molecule has 0 saturated heterocycles. The van der Waals surface area contributed by atoms with Crippen molar-refractivity contribution >= 4 is 88.7 Å². The fraction of sp³-hybridized carbons (Fsp3) is 0.672. The molecule has 0 unspecified atom stereocenters. The summed E-state index contributed by atoms with van der Waals surface area (Å²) in [7, 11) is 0. The molecule has 25 N–H and O–H groups in total. The lowest BCUT2D eigenvalue weighted by atomic mass is 9.95. The number of aliphatic hydroxyl groups is 1. The van der Waals surface area contributed by atoms with Gasteiger partial charge in [-0.3, -0.25) is 67.1 Å². The van der Waals surface area contributed by atoms with E-state index in [1.54, 1.807) is 71.9 Å². The Morgan fingerprint density at radius 1 is 0.444 bits per heavy atom. The molecule has 0 bridgehead atoms. The minimum Gasteiger partial charge on any atom is -0.481 e. The highest BCUT2D eigenvalue weighted by molar-refractivity contribution is 6.00. The number of carboxylic acids is 2. The summed E-state index contributed by atoms with van der Waals surface area (Å²) >= 11 is 0. The van der Waals surface area contributed by atoms with E-state index in [2.05, 4.69) is 63.8 Å². The fourth-order valence-corrected chi connectivity index (χ4v) is 9.91. The number of carboxylic acid groups (broad SMARTS) is 2. The largest absolute Gasteiger partial charge is 0.481 e. The van der Waals surface area contributed by atoms with Gasteiger partial charge in [-0.2, -0.15) is 0 Å². The number of unbranched alkanes of at least 4 members (excludes halogenated alkanes) is 3. The Morgan fingerprint density at radius 3 is 1.37 bits per heavy atom. The van der Waals surface area contributed by atoms with E-state index in [-0.39, 0.29) is 51.0 Å². The van der Waals surface area contributed by atoms with Gasteiger partial charge in [-0.15, -0.1) is 0 Å². The number of amides is 13. The number of nitrogens with one attached hydrogen (secondary N) is 12. The summed E-state index contributed by atoms with van der Waals surface area (Å²) in [5.41, 5.74) is 28.3. The number of carbonyl (C=O) groups is 15. The molecule has 0 radical (unpaired) electrons. The number of benzene rings is 1. The quantitative estimate of drug-likeness (QED) is 0.0272. The van der Waals surface area contributed by atoms with Crippen LogP contribution in [0.2, 0.25) is 0 Å². The van der Waals surface area contributed by atoms with Crippen molar-refractivity contribution in [2.45, 2.75) is 224 Å². The van der Waals surface area contributed by atoms with Crippen molar-refractivity contribution in [1.82, 2.24) is 63.8 Å². The van der Waals surface area contributed by atoms with Crippen molar-refractivity contribution in [3.05, 3.63) is 35.9 Å². The first kappa shape index (κ1) is 88.1. The van der Waals surface area contributed by atoms with Crippen LogP contribution in [-0.4, -0.2) is 209 Å². The number of nitrogens with two attached hydrogens (primary N) is 5. The minimum atomic E-state index is -1.90. The number of primary amides is 1. The second kappa shape index (κ2) is 47.1. The smallest absolute Gasteiger partial charge is 0.326 e. The van der Waals surface area contributed by atoms with E-state index < -0.39 is 205 Å². The number of hydrogen-bond acceptors (Lipinski definition) is 20. The second-order valence-corrected chi connectivity index (χ2v) is 25.1. The molecule has 0 heterocycles. The molecule has 1 rings (SSSR count). The van der Waals surface area contributed by atoms with Gasteiger partial charge in [0.2, 0.25) is 76.8 Å². The predicted octanol–water partition coefficient (Wildman–Crippen LogP) is -5.00. The first-order valence-corrected chi connectivity index (χ1v) is 33.5. The van der Waals surface area contributed by atoms with Gasteiger partial charge in [-0.05, 0) is 127 Å². The Bertz CT molecular complexity index is 2830. The standard InChI is InChI=1S/C64H109N17O18/c1-9-36(6)52(80-61(95)51(35(4)5)79-57(91)41(22-14-17-27-66)74-56(90)40(21-13-16-26-65)72-48(84)32-68)62(96)81-53(38(8)82)63(97)71-37(7)54(88)77-45(30-39-19-11-10-12-20-39)59(93)78-46(31-47(69)83)60(94)75-42(24-25-50(86)87)55(89)70-33-49(85)73-44(29-34(2)3)58(92)76-43(64(98)99)23-15-18-28-67/h10-12,19-20,34-38,40-46,51-53,82H,9,13-18,21-33,65-68H2,1-8H3,(H2,69,83)(H,70,89)(H,71,97)(H,72,84)(H,73,85)(H,74,90)(H,75,94)(H,76,92)(H,77,88)(H,78,93)(H,79,91)(H,80,95)(H,81,96)(H,86,87)(H,98,99)/t36-,37-,38+,40-,41-,42-,43-,44-,45-,46-,51-,52-,53-/m0/s1. The van der Waals surface area contributed by atoms with Gasteiger partial charge in [0.25, 0.3) is 0 Å². The molecule has 99 heavy (non-hydrogen) atoms. The fourth-order valence-electron chi connectivity index (χ4n) is 9.91. The van der Waals surface area contributed by atoms with Crippen molar-refractivity contribution in [2.75, 3.05) is 32.7 Å². The molecule has 13 atom stereocenters. The molecule has 35 heteroatoms. The van der Waals surface area contributed by atoms with Crippen molar-refractivity contribution in [2.24, 2.45) is 46.4 Å². The lowest BCUT2D eigenvalue weighted by molar-refractivity contribution is -0.142. The third-order valence-corrected chi connectivity index (χ3v) is 15.8. The molecule has 0 aliphatic carbocycles. The number of rotatable bonds is 50. The molecule has 0 fully saturated rings. The Morgan fingerprint density at radius 2 is 0.879 bits per heavy atom. The first-order chi connectivity index (χ1) is 46.6. The van der Waals surface area contributed by atoms with E-state index in [9.17, 15) is 87.2 Å². The number of hydrogen-bond donors (Lipinski definition) is 20. The molecular formula is C64H109N17O18. The Labute approximate surface area is 577 Å². The van der Waals surface area contributed by atoms with Crippen LogP contribution in [0, 0.1) is 17.8 Å². The summed E-state index contributed by atoms with van der Waals surface area (Å²) in [5, 5.41) is 59.8.